The van der Waals surface area contributed by atoms with Crippen LogP contribution in [0.15, 0.2) is 85.1 Å². The first-order valence-corrected chi connectivity index (χ1v) is 8.94. The molecule has 1 heterocycles. The van der Waals surface area contributed by atoms with Crippen LogP contribution in [0.5, 0.6) is 5.75 Å². The van der Waals surface area contributed by atoms with Gasteiger partial charge in [0.05, 0.1) is 0 Å². The summed E-state index contributed by atoms with van der Waals surface area (Å²) in [7, 11) is 0. The van der Waals surface area contributed by atoms with Gasteiger partial charge < -0.3 is 15.0 Å². The van der Waals surface area contributed by atoms with Gasteiger partial charge in [-0.25, -0.2) is 0 Å². The minimum atomic E-state index is 0.585. The number of anilines is 1. The molecule has 0 aliphatic heterocycles. The van der Waals surface area contributed by atoms with Crippen molar-refractivity contribution in [3.63, 3.8) is 0 Å². The van der Waals surface area contributed by atoms with E-state index in [1.807, 2.05) is 42.5 Å². The number of aromatic nitrogens is 1. The second-order valence-corrected chi connectivity index (χ2v) is 6.34. The summed E-state index contributed by atoms with van der Waals surface area (Å²) in [5.41, 5.74) is 4.77. The second kappa shape index (κ2) is 7.79. The Kier molecular flexibility index (Phi) is 4.88. The van der Waals surface area contributed by atoms with E-state index in [1.165, 1.54) is 16.5 Å². The van der Waals surface area contributed by atoms with E-state index >= 15 is 0 Å². The van der Waals surface area contributed by atoms with E-state index in [-0.39, 0.29) is 0 Å². The van der Waals surface area contributed by atoms with Crippen LogP contribution < -0.4 is 10.1 Å². The Labute approximate surface area is 153 Å². The van der Waals surface area contributed by atoms with E-state index in [1.54, 1.807) is 0 Å². The highest BCUT2D eigenvalue weighted by Gasteiger charge is 2.06. The van der Waals surface area contributed by atoms with Crippen LogP contribution in [-0.4, -0.2) is 11.5 Å². The van der Waals surface area contributed by atoms with Gasteiger partial charge in [0.25, 0.3) is 0 Å². The Bertz CT molecular complexity index is 961. The molecule has 26 heavy (non-hydrogen) atoms. The van der Waals surface area contributed by atoms with Gasteiger partial charge in [0.15, 0.2) is 0 Å². The standard InChI is InChI=1S/C23H22N2O/c1-3-7-18(8-4-1)17-26-21-11-12-23-22(15-21)19(16-25-23)13-14-24-20-9-5-2-6-10-20/h1-12,15-16,24-25H,13-14,17H2. The van der Waals surface area contributed by atoms with Gasteiger partial charge in [-0.05, 0) is 47.9 Å². The first-order chi connectivity index (χ1) is 12.9. The average Bonchev–Trinajstić information content (AvgIpc) is 3.10. The molecule has 0 aliphatic rings. The van der Waals surface area contributed by atoms with E-state index in [2.05, 4.69) is 52.9 Å². The molecule has 4 rings (SSSR count). The van der Waals surface area contributed by atoms with Crippen molar-refractivity contribution in [2.45, 2.75) is 13.0 Å². The number of H-pyrrole nitrogens is 1. The fraction of sp³-hybridized carbons (Fsp3) is 0.130. The van der Waals surface area contributed by atoms with Crippen LogP contribution in [0.25, 0.3) is 10.9 Å². The molecule has 0 bridgehead atoms. The van der Waals surface area contributed by atoms with Gasteiger partial charge in [-0.1, -0.05) is 48.5 Å². The molecule has 0 atom stereocenters. The summed E-state index contributed by atoms with van der Waals surface area (Å²) in [4.78, 5) is 3.35. The van der Waals surface area contributed by atoms with E-state index in [4.69, 9.17) is 4.74 Å². The number of nitrogens with one attached hydrogen (secondary N) is 2. The van der Waals surface area contributed by atoms with Gasteiger partial charge in [-0.3, -0.25) is 0 Å². The van der Waals surface area contributed by atoms with Crippen molar-refractivity contribution < 1.29 is 4.74 Å². The molecule has 130 valence electrons. The quantitative estimate of drug-likeness (QED) is 0.472. The summed E-state index contributed by atoms with van der Waals surface area (Å²) < 4.78 is 5.97. The zero-order valence-electron chi connectivity index (χ0n) is 14.6. The van der Waals surface area contributed by atoms with Crippen molar-refractivity contribution in [2.75, 3.05) is 11.9 Å². The molecule has 0 unspecified atom stereocenters. The van der Waals surface area contributed by atoms with Crippen molar-refractivity contribution in [1.29, 1.82) is 0 Å². The van der Waals surface area contributed by atoms with Crippen LogP contribution in [0.2, 0.25) is 0 Å². The lowest BCUT2D eigenvalue weighted by Crippen LogP contribution is -2.04. The predicted molar refractivity (Wildman–Crippen MR) is 108 cm³/mol. The maximum Gasteiger partial charge on any atom is 0.120 e. The van der Waals surface area contributed by atoms with Crippen LogP contribution in [0, 0.1) is 0 Å². The van der Waals surface area contributed by atoms with Gasteiger partial charge in [-0.2, -0.15) is 0 Å². The topological polar surface area (TPSA) is 37.0 Å². The van der Waals surface area contributed by atoms with Crippen molar-refractivity contribution in [3.05, 3.63) is 96.2 Å². The lowest BCUT2D eigenvalue weighted by molar-refractivity contribution is 0.306. The lowest BCUT2D eigenvalue weighted by Gasteiger charge is -2.08. The summed E-state index contributed by atoms with van der Waals surface area (Å²) in [5, 5.41) is 4.69. The molecule has 2 N–H and O–H groups in total. The van der Waals surface area contributed by atoms with Crippen LogP contribution in [-0.2, 0) is 13.0 Å². The fourth-order valence-electron chi connectivity index (χ4n) is 3.09. The fourth-order valence-corrected chi connectivity index (χ4v) is 3.09. The molecule has 3 aromatic carbocycles. The zero-order chi connectivity index (χ0) is 17.6. The monoisotopic (exact) mass is 342 g/mol. The number of rotatable bonds is 7. The first kappa shape index (κ1) is 16.3. The normalized spacial score (nSPS) is 10.8. The third kappa shape index (κ3) is 3.89. The Morgan fingerprint density at radius 2 is 1.62 bits per heavy atom. The molecule has 0 aliphatic carbocycles. The largest absolute Gasteiger partial charge is 0.489 e. The number of para-hydroxylation sites is 1. The van der Waals surface area contributed by atoms with Crippen molar-refractivity contribution in [3.8, 4) is 5.75 Å². The first-order valence-electron chi connectivity index (χ1n) is 8.94. The summed E-state index contributed by atoms with van der Waals surface area (Å²) in [6, 6.07) is 26.8. The summed E-state index contributed by atoms with van der Waals surface area (Å²) in [6.07, 6.45) is 3.05. The second-order valence-electron chi connectivity index (χ2n) is 6.34. The molecule has 0 spiro atoms. The summed E-state index contributed by atoms with van der Waals surface area (Å²) in [5.74, 6) is 0.901. The van der Waals surface area contributed by atoms with Crippen molar-refractivity contribution >= 4 is 16.6 Å². The molecule has 1 aromatic heterocycles. The Morgan fingerprint density at radius 3 is 2.42 bits per heavy atom. The molecule has 0 radical (unpaired) electrons. The molecule has 0 amide bonds. The van der Waals surface area contributed by atoms with Gasteiger partial charge in [0.1, 0.15) is 12.4 Å². The number of ether oxygens (including phenoxy) is 1. The Balaban J connectivity index is 1.42. The minimum absolute atomic E-state index is 0.585. The van der Waals surface area contributed by atoms with Gasteiger partial charge in [-0.15, -0.1) is 0 Å². The maximum absolute atomic E-state index is 5.97. The van der Waals surface area contributed by atoms with E-state index < -0.39 is 0 Å². The van der Waals surface area contributed by atoms with E-state index in [9.17, 15) is 0 Å². The number of aromatic amines is 1. The maximum atomic E-state index is 5.97. The van der Waals surface area contributed by atoms with Crippen LogP contribution in [0.3, 0.4) is 0 Å². The molecule has 3 nitrogen and oxygen atoms in total. The van der Waals surface area contributed by atoms with Gasteiger partial charge >= 0.3 is 0 Å². The summed E-state index contributed by atoms with van der Waals surface area (Å²) >= 11 is 0. The lowest BCUT2D eigenvalue weighted by atomic mass is 10.1. The third-order valence-electron chi connectivity index (χ3n) is 4.48. The smallest absolute Gasteiger partial charge is 0.120 e. The predicted octanol–water partition coefficient (Wildman–Crippen LogP) is 5.40. The Hall–Kier alpha value is -3.20. The van der Waals surface area contributed by atoms with Crippen LogP contribution in [0.1, 0.15) is 11.1 Å². The summed E-state index contributed by atoms with van der Waals surface area (Å²) in [6.45, 7) is 1.48. The molecule has 3 heteroatoms. The van der Waals surface area contributed by atoms with E-state index in [0.717, 1.165) is 29.9 Å². The minimum Gasteiger partial charge on any atom is -0.489 e. The number of hydrogen-bond donors (Lipinski definition) is 2. The number of benzene rings is 3. The average molecular weight is 342 g/mol. The molecular weight excluding hydrogens is 320 g/mol. The van der Waals surface area contributed by atoms with E-state index in [0.29, 0.717) is 6.61 Å². The van der Waals surface area contributed by atoms with Gasteiger partial charge in [0, 0.05) is 29.3 Å². The van der Waals surface area contributed by atoms with Crippen molar-refractivity contribution in [1.82, 2.24) is 4.98 Å². The highest BCUT2D eigenvalue weighted by molar-refractivity contribution is 5.84. The zero-order valence-corrected chi connectivity index (χ0v) is 14.6. The third-order valence-corrected chi connectivity index (χ3v) is 4.48. The Morgan fingerprint density at radius 1 is 0.846 bits per heavy atom. The molecule has 4 aromatic rings. The van der Waals surface area contributed by atoms with Crippen LogP contribution >= 0.6 is 0 Å². The molecule has 0 saturated carbocycles. The number of fused-ring (bicyclic) bond motifs is 1. The number of hydrogen-bond acceptors (Lipinski definition) is 2. The molecule has 0 saturated heterocycles. The van der Waals surface area contributed by atoms with Crippen LogP contribution in [0.4, 0.5) is 5.69 Å². The molecule has 0 fully saturated rings. The van der Waals surface area contributed by atoms with Crippen molar-refractivity contribution in [2.24, 2.45) is 0 Å². The highest BCUT2D eigenvalue weighted by atomic mass is 16.5. The van der Waals surface area contributed by atoms with Gasteiger partial charge in [0.2, 0.25) is 0 Å². The molecular formula is C23H22N2O. The highest BCUT2D eigenvalue weighted by Crippen LogP contribution is 2.25. The SMILES string of the molecule is c1ccc(COc2ccc3[nH]cc(CCNc4ccccc4)c3c2)cc1.